The molecule has 0 aliphatic heterocycles. The summed E-state index contributed by atoms with van der Waals surface area (Å²) in [4.78, 5) is 17.0. The Morgan fingerprint density at radius 2 is 1.90 bits per heavy atom. The molecule has 166 valence electrons. The Morgan fingerprint density at radius 3 is 2.61 bits per heavy atom. The molecule has 31 heavy (non-hydrogen) atoms. The van der Waals surface area contributed by atoms with Crippen molar-refractivity contribution in [2.24, 2.45) is 0 Å². The summed E-state index contributed by atoms with van der Waals surface area (Å²) in [7, 11) is 1.71. The molecule has 2 atom stereocenters. The van der Waals surface area contributed by atoms with Gasteiger partial charge in [-0.3, -0.25) is 5.32 Å². The van der Waals surface area contributed by atoms with Gasteiger partial charge in [0, 0.05) is 30.4 Å². The van der Waals surface area contributed by atoms with Crippen LogP contribution in [0.1, 0.15) is 40.3 Å². The van der Waals surface area contributed by atoms with Crippen LogP contribution in [0.25, 0.3) is 0 Å². The average Bonchev–Trinajstić information content (AvgIpc) is 3.21. The third kappa shape index (κ3) is 6.00. The van der Waals surface area contributed by atoms with Crippen molar-refractivity contribution in [1.29, 1.82) is 0 Å². The standard InChI is InChI=1S/C18H19ClF3N7OS/c1-9(29-16(30)13-4-14(23-2)28-8-27-13)17-26-6-10(31-17)5-24-15-3-11(18(20,21)22)12(19)7-25-15/h3-4,6-9,16,29-30H,5H2,1-2H3,(H,24,25)(H,23,27,28). The van der Waals surface area contributed by atoms with Gasteiger partial charge in [-0.1, -0.05) is 11.6 Å². The Hall–Kier alpha value is -2.54. The lowest BCUT2D eigenvalue weighted by Crippen LogP contribution is -2.25. The SMILES string of the molecule is CNc1cc(C(O)NC(C)c2ncc(CNc3cc(C(F)(F)F)c(Cl)cn3)s2)ncn1. The first-order valence-corrected chi connectivity index (χ1v) is 10.2. The van der Waals surface area contributed by atoms with Crippen LogP contribution in [0.2, 0.25) is 5.02 Å². The molecule has 3 heterocycles. The van der Waals surface area contributed by atoms with Gasteiger partial charge in [0.05, 0.1) is 28.9 Å². The molecule has 13 heteroatoms. The molecule has 2 unspecified atom stereocenters. The Labute approximate surface area is 184 Å². The highest BCUT2D eigenvalue weighted by atomic mass is 35.5. The lowest BCUT2D eigenvalue weighted by molar-refractivity contribution is -0.137. The lowest BCUT2D eigenvalue weighted by atomic mass is 10.2. The number of nitrogens with zero attached hydrogens (tertiary/aromatic N) is 4. The second-order valence-electron chi connectivity index (χ2n) is 6.43. The van der Waals surface area contributed by atoms with Crippen molar-refractivity contribution in [2.45, 2.75) is 31.9 Å². The van der Waals surface area contributed by atoms with Crippen LogP contribution in [0, 0.1) is 0 Å². The molecule has 3 rings (SSSR count). The maximum absolute atomic E-state index is 13.0. The molecule has 3 aromatic heterocycles. The van der Waals surface area contributed by atoms with Crippen LogP contribution in [0.4, 0.5) is 24.8 Å². The van der Waals surface area contributed by atoms with Gasteiger partial charge in [-0.05, 0) is 13.0 Å². The summed E-state index contributed by atoms with van der Waals surface area (Å²) in [5, 5.41) is 19.3. The quantitative estimate of drug-likeness (QED) is 0.364. The Kier molecular flexibility index (Phi) is 7.26. The first-order chi connectivity index (χ1) is 14.7. The number of nitrogens with one attached hydrogen (secondary N) is 3. The molecule has 0 bridgehead atoms. The van der Waals surface area contributed by atoms with E-state index in [1.54, 1.807) is 19.3 Å². The Bertz CT molecular complexity index is 1030. The number of anilines is 2. The average molecular weight is 474 g/mol. The van der Waals surface area contributed by atoms with Crippen molar-refractivity contribution in [3.8, 4) is 0 Å². The summed E-state index contributed by atoms with van der Waals surface area (Å²) in [6.45, 7) is 2.06. The predicted molar refractivity (Wildman–Crippen MR) is 112 cm³/mol. The molecule has 0 aliphatic carbocycles. The molecular formula is C18H19ClF3N7OS. The number of pyridine rings is 1. The zero-order valence-electron chi connectivity index (χ0n) is 16.4. The molecule has 0 aliphatic rings. The zero-order valence-corrected chi connectivity index (χ0v) is 18.0. The summed E-state index contributed by atoms with van der Waals surface area (Å²) in [6.07, 6.45) is -1.67. The van der Waals surface area contributed by atoms with E-state index >= 15 is 0 Å². The van der Waals surface area contributed by atoms with Gasteiger partial charge in [0.15, 0.2) is 0 Å². The number of hydrogen-bond acceptors (Lipinski definition) is 9. The number of alkyl halides is 3. The molecule has 0 amide bonds. The zero-order chi connectivity index (χ0) is 22.6. The number of thiazole rings is 1. The fourth-order valence-electron chi connectivity index (χ4n) is 2.59. The summed E-state index contributed by atoms with van der Waals surface area (Å²) in [5.74, 6) is 0.628. The first kappa shape index (κ1) is 23.1. The van der Waals surface area contributed by atoms with Crippen molar-refractivity contribution in [3.63, 3.8) is 0 Å². The van der Waals surface area contributed by atoms with Crippen LogP contribution >= 0.6 is 22.9 Å². The lowest BCUT2D eigenvalue weighted by Gasteiger charge is -2.17. The number of aliphatic hydroxyl groups is 1. The topological polar surface area (TPSA) is 108 Å². The van der Waals surface area contributed by atoms with Crippen LogP contribution in [-0.2, 0) is 12.7 Å². The van der Waals surface area contributed by atoms with Gasteiger partial charge in [0.25, 0.3) is 0 Å². The molecule has 0 saturated carbocycles. The number of aliphatic hydroxyl groups excluding tert-OH is 1. The van der Waals surface area contributed by atoms with E-state index in [-0.39, 0.29) is 18.4 Å². The van der Waals surface area contributed by atoms with E-state index < -0.39 is 23.0 Å². The molecule has 4 N–H and O–H groups in total. The molecule has 0 fully saturated rings. The van der Waals surface area contributed by atoms with Crippen molar-refractivity contribution in [1.82, 2.24) is 25.3 Å². The van der Waals surface area contributed by atoms with Gasteiger partial charge >= 0.3 is 6.18 Å². The molecule has 0 spiro atoms. The molecule has 0 saturated heterocycles. The van der Waals surface area contributed by atoms with Crippen molar-refractivity contribution in [3.05, 3.63) is 57.0 Å². The minimum absolute atomic E-state index is 0.0531. The largest absolute Gasteiger partial charge is 0.418 e. The molecule has 3 aromatic rings. The summed E-state index contributed by atoms with van der Waals surface area (Å²) in [5.41, 5.74) is -0.548. The summed E-state index contributed by atoms with van der Waals surface area (Å²) >= 11 is 6.93. The second-order valence-corrected chi connectivity index (χ2v) is 7.99. The highest BCUT2D eigenvalue weighted by Gasteiger charge is 2.33. The Balaban J connectivity index is 1.61. The van der Waals surface area contributed by atoms with Crippen molar-refractivity contribution < 1.29 is 18.3 Å². The van der Waals surface area contributed by atoms with Gasteiger partial charge in [-0.15, -0.1) is 11.3 Å². The maximum atomic E-state index is 13.0. The van der Waals surface area contributed by atoms with Crippen LogP contribution in [0.3, 0.4) is 0 Å². The number of hydrogen-bond donors (Lipinski definition) is 4. The Morgan fingerprint density at radius 1 is 1.13 bits per heavy atom. The minimum atomic E-state index is -4.56. The second kappa shape index (κ2) is 9.73. The highest BCUT2D eigenvalue weighted by molar-refractivity contribution is 7.11. The van der Waals surface area contributed by atoms with E-state index in [0.29, 0.717) is 16.5 Å². The molecule has 8 nitrogen and oxygen atoms in total. The van der Waals surface area contributed by atoms with Crippen molar-refractivity contribution in [2.75, 3.05) is 17.7 Å². The van der Waals surface area contributed by atoms with Crippen molar-refractivity contribution >= 4 is 34.6 Å². The van der Waals surface area contributed by atoms with Crippen LogP contribution in [0.5, 0.6) is 0 Å². The fourth-order valence-corrected chi connectivity index (χ4v) is 3.67. The van der Waals surface area contributed by atoms with Gasteiger partial charge in [0.1, 0.15) is 29.2 Å². The number of aromatic nitrogens is 4. The van der Waals surface area contributed by atoms with Gasteiger partial charge in [-0.2, -0.15) is 13.2 Å². The molecular weight excluding hydrogens is 455 g/mol. The van der Waals surface area contributed by atoms with E-state index in [1.165, 1.54) is 17.7 Å². The first-order valence-electron chi connectivity index (χ1n) is 9.02. The maximum Gasteiger partial charge on any atom is 0.418 e. The van der Waals surface area contributed by atoms with Gasteiger partial charge in [0.2, 0.25) is 0 Å². The van der Waals surface area contributed by atoms with Crippen LogP contribution in [-0.4, -0.2) is 32.1 Å². The molecule has 0 radical (unpaired) electrons. The normalized spacial score (nSPS) is 13.6. The van der Waals surface area contributed by atoms with E-state index in [1.807, 2.05) is 6.92 Å². The highest BCUT2D eigenvalue weighted by Crippen LogP contribution is 2.35. The van der Waals surface area contributed by atoms with E-state index in [2.05, 4.69) is 35.9 Å². The number of halogens is 4. The minimum Gasteiger partial charge on any atom is -0.373 e. The van der Waals surface area contributed by atoms with Crippen LogP contribution in [0.15, 0.2) is 30.9 Å². The molecule has 0 aromatic carbocycles. The fraction of sp³-hybridized carbons (Fsp3) is 0.333. The van der Waals surface area contributed by atoms with Gasteiger partial charge in [-0.25, -0.2) is 19.9 Å². The smallest absolute Gasteiger partial charge is 0.373 e. The third-order valence-electron chi connectivity index (χ3n) is 4.18. The number of rotatable bonds is 8. The van der Waals surface area contributed by atoms with E-state index in [9.17, 15) is 18.3 Å². The predicted octanol–water partition coefficient (Wildman–Crippen LogP) is 4.00. The van der Waals surface area contributed by atoms with Gasteiger partial charge < -0.3 is 15.7 Å². The van der Waals surface area contributed by atoms with E-state index in [4.69, 9.17) is 11.6 Å². The van der Waals surface area contributed by atoms with E-state index in [0.717, 1.165) is 17.1 Å². The van der Waals surface area contributed by atoms with Crippen LogP contribution < -0.4 is 16.0 Å². The monoisotopic (exact) mass is 473 g/mol. The third-order valence-corrected chi connectivity index (χ3v) is 5.66. The summed E-state index contributed by atoms with van der Waals surface area (Å²) in [6, 6.07) is 2.19. The summed E-state index contributed by atoms with van der Waals surface area (Å²) < 4.78 is 38.9.